The van der Waals surface area contributed by atoms with Crippen molar-refractivity contribution in [2.75, 3.05) is 12.8 Å². The summed E-state index contributed by atoms with van der Waals surface area (Å²) in [6.45, 7) is 1.40. The van der Waals surface area contributed by atoms with Crippen molar-refractivity contribution in [3.8, 4) is 0 Å². The van der Waals surface area contributed by atoms with Crippen molar-refractivity contribution in [3.05, 3.63) is 23.5 Å². The minimum absolute atomic E-state index is 0.160. The predicted molar refractivity (Wildman–Crippen MR) is 60.3 cm³/mol. The van der Waals surface area contributed by atoms with Crippen LogP contribution in [0.25, 0.3) is 0 Å². The van der Waals surface area contributed by atoms with Crippen LogP contribution in [0.2, 0.25) is 0 Å². The van der Waals surface area contributed by atoms with E-state index in [2.05, 4.69) is 5.32 Å². The second kappa shape index (κ2) is 4.58. The van der Waals surface area contributed by atoms with Crippen LogP contribution < -0.4 is 15.8 Å². The molecular formula is C9H12FN3O3S. The Morgan fingerprint density at radius 2 is 2.00 bits per heavy atom. The number of nitrogens with one attached hydrogen (secondary N) is 2. The normalized spacial score (nSPS) is 11.0. The van der Waals surface area contributed by atoms with Crippen molar-refractivity contribution >= 4 is 21.7 Å². The van der Waals surface area contributed by atoms with Gasteiger partial charge in [0.15, 0.2) is 0 Å². The lowest BCUT2D eigenvalue weighted by atomic mass is 10.2. The lowest BCUT2D eigenvalue weighted by molar-refractivity contribution is 0.248. The first kappa shape index (κ1) is 13.2. The molecule has 4 N–H and O–H groups in total. The van der Waals surface area contributed by atoms with Gasteiger partial charge in [0.05, 0.1) is 10.6 Å². The summed E-state index contributed by atoms with van der Waals surface area (Å²) in [6.07, 6.45) is 0. The molecular weight excluding hydrogens is 249 g/mol. The molecule has 0 aromatic heterocycles. The molecule has 0 aliphatic heterocycles. The topological polar surface area (TPSA) is 101 Å². The second-order valence-corrected chi connectivity index (χ2v) is 4.97. The van der Waals surface area contributed by atoms with Crippen molar-refractivity contribution in [2.24, 2.45) is 0 Å². The molecule has 0 bridgehead atoms. The molecule has 8 heteroatoms. The average Bonchev–Trinajstić information content (AvgIpc) is 2.22. The van der Waals surface area contributed by atoms with Gasteiger partial charge in [-0.25, -0.2) is 22.3 Å². The number of nitrogen functional groups attached to an aromatic ring is 1. The molecule has 2 amide bonds. The molecule has 0 saturated carbocycles. The maximum Gasteiger partial charge on any atom is 0.328 e. The molecule has 0 fully saturated rings. The summed E-state index contributed by atoms with van der Waals surface area (Å²) in [6, 6.07) is 1.08. The number of halogens is 1. The third-order valence-corrected chi connectivity index (χ3v) is 3.51. The summed E-state index contributed by atoms with van der Waals surface area (Å²) < 4.78 is 38.3. The highest BCUT2D eigenvalue weighted by atomic mass is 32.2. The minimum atomic E-state index is -4.05. The van der Waals surface area contributed by atoms with Crippen LogP contribution in [0.4, 0.5) is 14.9 Å². The number of sulfonamides is 1. The van der Waals surface area contributed by atoms with Gasteiger partial charge in [-0.1, -0.05) is 0 Å². The molecule has 0 heterocycles. The van der Waals surface area contributed by atoms with E-state index in [0.29, 0.717) is 0 Å². The number of benzene rings is 1. The summed E-state index contributed by atoms with van der Waals surface area (Å²) >= 11 is 0. The Morgan fingerprint density at radius 1 is 1.41 bits per heavy atom. The van der Waals surface area contributed by atoms with Gasteiger partial charge in [-0.3, -0.25) is 0 Å². The number of hydrogen-bond acceptors (Lipinski definition) is 4. The van der Waals surface area contributed by atoms with E-state index in [0.717, 1.165) is 12.1 Å². The van der Waals surface area contributed by atoms with E-state index in [-0.39, 0.29) is 16.1 Å². The summed E-state index contributed by atoms with van der Waals surface area (Å²) in [5.74, 6) is -0.707. The number of hydrogen-bond donors (Lipinski definition) is 3. The maximum absolute atomic E-state index is 13.1. The molecule has 94 valence electrons. The van der Waals surface area contributed by atoms with Gasteiger partial charge in [0.25, 0.3) is 10.0 Å². The van der Waals surface area contributed by atoms with Crippen LogP contribution in [0.15, 0.2) is 17.0 Å². The molecule has 0 aliphatic rings. The monoisotopic (exact) mass is 261 g/mol. The van der Waals surface area contributed by atoms with E-state index >= 15 is 0 Å². The van der Waals surface area contributed by atoms with Gasteiger partial charge in [0, 0.05) is 7.05 Å². The quantitative estimate of drug-likeness (QED) is 0.668. The number of aryl methyl sites for hydroxylation is 1. The number of carbonyl (C=O) groups is 1. The van der Waals surface area contributed by atoms with Crippen LogP contribution in [0.1, 0.15) is 5.56 Å². The zero-order valence-electron chi connectivity index (χ0n) is 9.24. The molecule has 0 aliphatic carbocycles. The van der Waals surface area contributed by atoms with Crippen molar-refractivity contribution < 1.29 is 17.6 Å². The third-order valence-electron chi connectivity index (χ3n) is 2.04. The number of carbonyl (C=O) groups excluding carboxylic acids is 1. The fourth-order valence-corrected chi connectivity index (χ4v) is 2.41. The lowest BCUT2D eigenvalue weighted by Crippen LogP contribution is -2.37. The van der Waals surface area contributed by atoms with Crippen molar-refractivity contribution in [2.45, 2.75) is 11.8 Å². The molecule has 0 radical (unpaired) electrons. The van der Waals surface area contributed by atoms with Crippen LogP contribution in [0.3, 0.4) is 0 Å². The number of nitrogens with two attached hydrogens (primary N) is 1. The molecule has 17 heavy (non-hydrogen) atoms. The van der Waals surface area contributed by atoms with Gasteiger partial charge in [0.1, 0.15) is 5.82 Å². The van der Waals surface area contributed by atoms with Gasteiger partial charge >= 0.3 is 6.03 Å². The first-order valence-electron chi connectivity index (χ1n) is 4.58. The SMILES string of the molecule is CNC(=O)NS(=O)(=O)c1cc(N)c(F)cc1C. The lowest BCUT2D eigenvalue weighted by Gasteiger charge is -2.10. The van der Waals surface area contributed by atoms with E-state index in [1.807, 2.05) is 0 Å². The van der Waals surface area contributed by atoms with Crippen LogP contribution in [-0.2, 0) is 10.0 Å². The Hall–Kier alpha value is -1.83. The molecule has 1 aromatic carbocycles. The molecule has 0 atom stereocenters. The van der Waals surface area contributed by atoms with Gasteiger partial charge in [0.2, 0.25) is 0 Å². The highest BCUT2D eigenvalue weighted by Crippen LogP contribution is 2.21. The first-order valence-corrected chi connectivity index (χ1v) is 6.06. The summed E-state index contributed by atoms with van der Waals surface area (Å²) in [7, 11) is -2.78. The Morgan fingerprint density at radius 3 is 2.53 bits per heavy atom. The minimum Gasteiger partial charge on any atom is -0.396 e. The van der Waals surface area contributed by atoms with Crippen LogP contribution in [0.5, 0.6) is 0 Å². The van der Waals surface area contributed by atoms with Crippen LogP contribution in [0, 0.1) is 12.7 Å². The van der Waals surface area contributed by atoms with Crippen molar-refractivity contribution in [1.29, 1.82) is 0 Å². The Labute approximate surface area is 98.1 Å². The van der Waals surface area contributed by atoms with E-state index in [1.165, 1.54) is 14.0 Å². The highest BCUT2D eigenvalue weighted by molar-refractivity contribution is 7.90. The van der Waals surface area contributed by atoms with Gasteiger partial charge in [-0.2, -0.15) is 0 Å². The molecule has 0 saturated heterocycles. The van der Waals surface area contributed by atoms with E-state index in [4.69, 9.17) is 5.73 Å². The standard InChI is InChI=1S/C9H12FN3O3S/c1-5-3-6(10)7(11)4-8(5)17(15,16)13-9(14)12-2/h3-4H,11H2,1-2H3,(H2,12,13,14). The Bertz CT molecular complexity index is 557. The van der Waals surface area contributed by atoms with E-state index < -0.39 is 21.9 Å². The smallest absolute Gasteiger partial charge is 0.328 e. The molecule has 0 spiro atoms. The third kappa shape index (κ3) is 2.84. The molecule has 6 nitrogen and oxygen atoms in total. The fraction of sp³-hybridized carbons (Fsp3) is 0.222. The summed E-state index contributed by atoms with van der Waals surface area (Å²) in [5.41, 5.74) is 5.14. The largest absolute Gasteiger partial charge is 0.396 e. The average molecular weight is 261 g/mol. The fourth-order valence-electron chi connectivity index (χ4n) is 1.19. The zero-order chi connectivity index (χ0) is 13.2. The Kier molecular flexibility index (Phi) is 3.56. The second-order valence-electron chi connectivity index (χ2n) is 3.32. The van der Waals surface area contributed by atoms with Gasteiger partial charge in [-0.15, -0.1) is 0 Å². The number of anilines is 1. The first-order chi connectivity index (χ1) is 7.77. The van der Waals surface area contributed by atoms with Crippen LogP contribution >= 0.6 is 0 Å². The highest BCUT2D eigenvalue weighted by Gasteiger charge is 2.20. The molecule has 1 aromatic rings. The van der Waals surface area contributed by atoms with E-state index in [9.17, 15) is 17.6 Å². The zero-order valence-corrected chi connectivity index (χ0v) is 10.1. The van der Waals surface area contributed by atoms with Gasteiger partial charge < -0.3 is 11.1 Å². The predicted octanol–water partition coefficient (Wildman–Crippen LogP) is 0.334. The van der Waals surface area contributed by atoms with Crippen LogP contribution in [-0.4, -0.2) is 21.5 Å². The molecule has 1 rings (SSSR count). The molecule has 0 unspecified atom stereocenters. The van der Waals surface area contributed by atoms with Crippen molar-refractivity contribution in [1.82, 2.24) is 10.0 Å². The van der Waals surface area contributed by atoms with E-state index in [1.54, 1.807) is 4.72 Å². The summed E-state index contributed by atoms with van der Waals surface area (Å²) in [4.78, 5) is 10.7. The summed E-state index contributed by atoms with van der Waals surface area (Å²) in [5, 5.41) is 2.10. The number of rotatable bonds is 2. The van der Waals surface area contributed by atoms with Gasteiger partial charge in [-0.05, 0) is 24.6 Å². The number of amides is 2. The maximum atomic E-state index is 13.1. The number of urea groups is 1. The van der Waals surface area contributed by atoms with Crippen molar-refractivity contribution in [3.63, 3.8) is 0 Å². The Balaban J connectivity index is 3.25.